The lowest BCUT2D eigenvalue weighted by Gasteiger charge is -2.31. The highest BCUT2D eigenvalue weighted by atomic mass is 35.5. The van der Waals surface area contributed by atoms with Gasteiger partial charge in [0.15, 0.2) is 0 Å². The number of alkyl halides is 3. The van der Waals surface area contributed by atoms with E-state index in [2.05, 4.69) is 10.3 Å². The topological polar surface area (TPSA) is 105 Å². The molecule has 3 aromatic rings. The number of hydrogen-bond acceptors (Lipinski definition) is 6. The number of nitrogens with zero attached hydrogens (tertiary/aromatic N) is 4. The average molecular weight is 565 g/mol. The van der Waals surface area contributed by atoms with Gasteiger partial charge in [-0.3, -0.25) is 19.3 Å². The predicted octanol–water partition coefficient (Wildman–Crippen LogP) is 5.83. The Kier molecular flexibility index (Phi) is 6.95. The molecule has 0 radical (unpaired) electrons. The van der Waals surface area contributed by atoms with E-state index in [9.17, 15) is 32.7 Å². The Morgan fingerprint density at radius 2 is 1.87 bits per heavy atom. The zero-order valence-electron chi connectivity index (χ0n) is 19.6. The smallest absolute Gasteiger partial charge is 0.416 e. The summed E-state index contributed by atoms with van der Waals surface area (Å²) < 4.78 is 41.8. The minimum atomic E-state index is -4.58. The summed E-state index contributed by atoms with van der Waals surface area (Å²) in [6.07, 6.45) is -1.31. The number of carboxylic acids is 1. The van der Waals surface area contributed by atoms with Crippen molar-refractivity contribution < 1.29 is 32.7 Å². The van der Waals surface area contributed by atoms with Gasteiger partial charge in [0.1, 0.15) is 5.52 Å². The number of carboxylic acid groups (broad SMARTS) is 1. The lowest BCUT2D eigenvalue weighted by molar-refractivity contribution is -0.143. The lowest BCUT2D eigenvalue weighted by atomic mass is 9.85. The van der Waals surface area contributed by atoms with E-state index < -0.39 is 34.8 Å². The minimum absolute atomic E-state index is 0.0103. The van der Waals surface area contributed by atoms with Crippen LogP contribution in [0.15, 0.2) is 41.3 Å². The molecule has 1 saturated carbocycles. The van der Waals surface area contributed by atoms with E-state index in [1.807, 2.05) is 0 Å². The molecule has 5 rings (SSSR count). The third kappa shape index (κ3) is 5.14. The van der Waals surface area contributed by atoms with Crippen molar-refractivity contribution in [1.29, 1.82) is 0 Å². The molecule has 8 nitrogen and oxygen atoms in total. The lowest BCUT2D eigenvalue weighted by Crippen LogP contribution is -2.41. The van der Waals surface area contributed by atoms with Crippen molar-refractivity contribution in [2.45, 2.75) is 44.4 Å². The highest BCUT2D eigenvalue weighted by Gasteiger charge is 2.41. The van der Waals surface area contributed by atoms with Crippen molar-refractivity contribution in [1.82, 2.24) is 19.9 Å². The number of hydrogen-bond donors (Lipinski definition) is 1. The van der Waals surface area contributed by atoms with E-state index in [1.54, 1.807) is 24.3 Å². The van der Waals surface area contributed by atoms with Crippen molar-refractivity contribution in [3.8, 4) is 0 Å². The van der Waals surface area contributed by atoms with Crippen molar-refractivity contribution in [3.05, 3.63) is 63.0 Å². The Bertz CT molecular complexity index is 1480. The molecule has 0 spiro atoms. The highest BCUT2D eigenvalue weighted by Crippen LogP contribution is 2.38. The van der Waals surface area contributed by atoms with E-state index in [-0.39, 0.29) is 28.1 Å². The van der Waals surface area contributed by atoms with E-state index in [1.165, 1.54) is 21.7 Å². The van der Waals surface area contributed by atoms with Crippen LogP contribution in [0.25, 0.3) is 17.1 Å². The molecule has 0 unspecified atom stereocenters. The summed E-state index contributed by atoms with van der Waals surface area (Å²) in [6, 6.07) is 8.17. The molecule has 1 aliphatic heterocycles. The first kappa shape index (κ1) is 26.2. The fraction of sp³-hybridized carbons (Fsp3) is 0.320. The van der Waals surface area contributed by atoms with Gasteiger partial charge in [-0.15, -0.1) is 5.10 Å². The van der Waals surface area contributed by atoms with Crippen LogP contribution < -0.4 is 0 Å². The standard InChI is InChI=1S/C25H20ClF3N4O4S/c26-16-5-2-15(18(11-16)25(27,28)29)12-32-20-8-1-13(9-19(20)30-31-32)10-21-22(34)33(24(37)38-21)17-6-3-14(4-7-17)23(35)36/h1-2,5,8-11,14,17H,3-4,6-7,12H2,(H,35,36)/b21-10-. The van der Waals surface area contributed by atoms with Gasteiger partial charge in [-0.25, -0.2) is 4.68 Å². The van der Waals surface area contributed by atoms with Gasteiger partial charge in [-0.1, -0.05) is 28.9 Å². The van der Waals surface area contributed by atoms with E-state index in [0.29, 0.717) is 42.3 Å². The Morgan fingerprint density at radius 3 is 2.55 bits per heavy atom. The summed E-state index contributed by atoms with van der Waals surface area (Å²) in [5.41, 5.74) is 0.620. The molecule has 0 atom stereocenters. The first-order valence-corrected chi connectivity index (χ1v) is 12.9. The molecule has 198 valence electrons. The fourth-order valence-electron chi connectivity index (χ4n) is 4.83. The molecule has 1 N–H and O–H groups in total. The number of carbonyl (C=O) groups is 3. The van der Waals surface area contributed by atoms with Crippen LogP contribution in [0.5, 0.6) is 0 Å². The van der Waals surface area contributed by atoms with Crippen LogP contribution in [0.3, 0.4) is 0 Å². The maximum atomic E-state index is 13.5. The van der Waals surface area contributed by atoms with Gasteiger partial charge in [0.2, 0.25) is 0 Å². The molecule has 1 aliphatic carbocycles. The maximum Gasteiger partial charge on any atom is 0.416 e. The zero-order valence-corrected chi connectivity index (χ0v) is 21.2. The molecule has 0 bridgehead atoms. The summed E-state index contributed by atoms with van der Waals surface area (Å²) in [7, 11) is 0. The van der Waals surface area contributed by atoms with Gasteiger partial charge in [-0.05, 0) is 78.9 Å². The number of aliphatic carboxylic acids is 1. The monoisotopic (exact) mass is 564 g/mol. The van der Waals surface area contributed by atoms with Crippen molar-refractivity contribution in [2.75, 3.05) is 0 Å². The number of carbonyl (C=O) groups excluding carboxylic acids is 2. The number of aromatic nitrogens is 3. The van der Waals surface area contributed by atoms with Crippen LogP contribution in [-0.2, 0) is 22.3 Å². The third-order valence-electron chi connectivity index (χ3n) is 6.77. The van der Waals surface area contributed by atoms with Crippen LogP contribution >= 0.6 is 23.4 Å². The van der Waals surface area contributed by atoms with Crippen LogP contribution in [0.2, 0.25) is 5.02 Å². The average Bonchev–Trinajstić information content (AvgIpc) is 3.38. The van der Waals surface area contributed by atoms with E-state index >= 15 is 0 Å². The molecule has 2 amide bonds. The second-order valence-corrected chi connectivity index (χ2v) is 10.6. The normalized spacial score (nSPS) is 21.6. The third-order valence-corrected chi connectivity index (χ3v) is 7.89. The summed E-state index contributed by atoms with van der Waals surface area (Å²) in [6.45, 7) is -0.176. The SMILES string of the molecule is O=C(O)C1CCC(N2C(=O)S/C(=C\c3ccc4c(c3)nnn4Cc3ccc(Cl)cc3C(F)(F)F)C2=O)CC1. The number of imide groups is 1. The number of rotatable bonds is 5. The van der Waals surface area contributed by atoms with Gasteiger partial charge in [0.25, 0.3) is 11.1 Å². The molecular weight excluding hydrogens is 545 g/mol. The Balaban J connectivity index is 1.35. The molecule has 13 heteroatoms. The summed E-state index contributed by atoms with van der Waals surface area (Å²) in [5, 5.41) is 16.8. The number of thioether (sulfide) groups is 1. The molecule has 1 aromatic heterocycles. The molecule has 2 heterocycles. The Morgan fingerprint density at radius 1 is 1.13 bits per heavy atom. The van der Waals surface area contributed by atoms with Gasteiger partial charge in [-0.2, -0.15) is 13.2 Å². The summed E-state index contributed by atoms with van der Waals surface area (Å²) >= 11 is 6.58. The van der Waals surface area contributed by atoms with Crippen LogP contribution in [-0.4, -0.2) is 48.2 Å². The molecular formula is C25H20ClF3N4O4S. The van der Waals surface area contributed by atoms with Gasteiger partial charge in [0, 0.05) is 11.1 Å². The van der Waals surface area contributed by atoms with Crippen molar-refractivity contribution >= 4 is 57.6 Å². The van der Waals surface area contributed by atoms with Crippen LogP contribution in [0.4, 0.5) is 18.0 Å². The molecule has 1 saturated heterocycles. The number of fused-ring (bicyclic) bond motifs is 1. The van der Waals surface area contributed by atoms with E-state index in [4.69, 9.17) is 11.6 Å². The highest BCUT2D eigenvalue weighted by molar-refractivity contribution is 8.18. The first-order valence-electron chi connectivity index (χ1n) is 11.7. The zero-order chi connectivity index (χ0) is 27.2. The quantitative estimate of drug-likeness (QED) is 0.389. The first-order chi connectivity index (χ1) is 18.0. The van der Waals surface area contributed by atoms with Crippen LogP contribution in [0.1, 0.15) is 42.4 Å². The van der Waals surface area contributed by atoms with E-state index in [0.717, 1.165) is 17.8 Å². The number of amides is 2. The molecule has 2 aromatic carbocycles. The molecule has 2 fully saturated rings. The van der Waals surface area contributed by atoms with Crippen LogP contribution in [0, 0.1) is 5.92 Å². The van der Waals surface area contributed by atoms with Gasteiger partial charge < -0.3 is 5.11 Å². The minimum Gasteiger partial charge on any atom is -0.481 e. The number of halogens is 4. The summed E-state index contributed by atoms with van der Waals surface area (Å²) in [5.74, 6) is -1.75. The van der Waals surface area contributed by atoms with Gasteiger partial charge in [0.05, 0.1) is 28.4 Å². The second kappa shape index (κ2) is 10.1. The maximum absolute atomic E-state index is 13.5. The van der Waals surface area contributed by atoms with Crippen molar-refractivity contribution in [2.24, 2.45) is 5.92 Å². The van der Waals surface area contributed by atoms with Gasteiger partial charge >= 0.3 is 12.1 Å². The largest absolute Gasteiger partial charge is 0.481 e. The second-order valence-electron chi connectivity index (χ2n) is 9.19. The number of benzene rings is 2. The Labute approximate surface area is 223 Å². The molecule has 38 heavy (non-hydrogen) atoms. The predicted molar refractivity (Wildman–Crippen MR) is 134 cm³/mol. The Hall–Kier alpha value is -3.38. The van der Waals surface area contributed by atoms with Crippen molar-refractivity contribution in [3.63, 3.8) is 0 Å². The summed E-state index contributed by atoms with van der Waals surface area (Å²) in [4.78, 5) is 38.3. The molecule has 2 aliphatic rings. The fourth-order valence-corrected chi connectivity index (χ4v) is 5.91.